The third-order valence-corrected chi connectivity index (χ3v) is 4.81. The molecule has 0 bridgehead atoms. The molecule has 0 radical (unpaired) electrons. The molecule has 0 fully saturated rings. The zero-order valence-electron chi connectivity index (χ0n) is 17.7. The van der Waals surface area contributed by atoms with Gasteiger partial charge in [0.25, 0.3) is 0 Å². The van der Waals surface area contributed by atoms with Gasteiger partial charge in [0.05, 0.1) is 6.42 Å². The van der Waals surface area contributed by atoms with E-state index in [1.165, 1.54) is 12.1 Å². The Labute approximate surface area is 173 Å². The highest BCUT2D eigenvalue weighted by Crippen LogP contribution is 2.16. The van der Waals surface area contributed by atoms with Crippen LogP contribution in [-0.4, -0.2) is 29.3 Å². The molecule has 0 aliphatic heterocycles. The fourth-order valence-electron chi connectivity index (χ4n) is 3.11. The zero-order valence-corrected chi connectivity index (χ0v) is 17.7. The number of benzene rings is 2. The van der Waals surface area contributed by atoms with Crippen LogP contribution in [0, 0.1) is 18.7 Å². The number of hydrogen-bond acceptors (Lipinski definition) is 2. The van der Waals surface area contributed by atoms with E-state index in [2.05, 4.69) is 5.32 Å². The van der Waals surface area contributed by atoms with Gasteiger partial charge in [0.15, 0.2) is 0 Å². The largest absolute Gasteiger partial charge is 0.354 e. The molecule has 2 aromatic carbocycles. The molecule has 2 aromatic rings. The Kier molecular flexibility index (Phi) is 8.37. The molecule has 0 aliphatic carbocycles. The number of carbonyl (C=O) groups excluding carboxylic acids is 2. The van der Waals surface area contributed by atoms with Crippen molar-refractivity contribution < 1.29 is 14.0 Å². The van der Waals surface area contributed by atoms with E-state index in [1.54, 1.807) is 17.0 Å². The van der Waals surface area contributed by atoms with Gasteiger partial charge >= 0.3 is 0 Å². The van der Waals surface area contributed by atoms with E-state index in [4.69, 9.17) is 0 Å². The quantitative estimate of drug-likeness (QED) is 0.686. The number of rotatable bonds is 9. The highest BCUT2D eigenvalue weighted by molar-refractivity contribution is 5.88. The molecule has 5 heteroatoms. The van der Waals surface area contributed by atoms with E-state index in [9.17, 15) is 14.0 Å². The molecule has 0 aromatic heterocycles. The topological polar surface area (TPSA) is 49.4 Å². The van der Waals surface area contributed by atoms with E-state index in [0.717, 1.165) is 16.7 Å². The predicted molar refractivity (Wildman–Crippen MR) is 114 cm³/mol. The Morgan fingerprint density at radius 1 is 1.00 bits per heavy atom. The summed E-state index contributed by atoms with van der Waals surface area (Å²) >= 11 is 0. The molecular formula is C24H31FN2O2. The van der Waals surface area contributed by atoms with Crippen LogP contribution >= 0.6 is 0 Å². The van der Waals surface area contributed by atoms with Crippen LogP contribution in [-0.2, 0) is 22.6 Å². The normalized spacial score (nSPS) is 11.9. The Balaban J connectivity index is 2.24. The van der Waals surface area contributed by atoms with Crippen molar-refractivity contribution in [3.63, 3.8) is 0 Å². The molecule has 2 amide bonds. The van der Waals surface area contributed by atoms with Gasteiger partial charge < -0.3 is 10.2 Å². The summed E-state index contributed by atoms with van der Waals surface area (Å²) < 4.78 is 13.3. The number of nitrogens with zero attached hydrogens (tertiary/aromatic N) is 1. The van der Waals surface area contributed by atoms with Crippen LogP contribution < -0.4 is 5.32 Å². The Morgan fingerprint density at radius 3 is 2.14 bits per heavy atom. The van der Waals surface area contributed by atoms with E-state index < -0.39 is 6.04 Å². The third kappa shape index (κ3) is 7.00. The fourth-order valence-corrected chi connectivity index (χ4v) is 3.11. The lowest BCUT2D eigenvalue weighted by Crippen LogP contribution is -2.50. The van der Waals surface area contributed by atoms with Crippen molar-refractivity contribution in [1.29, 1.82) is 0 Å². The van der Waals surface area contributed by atoms with Gasteiger partial charge in [-0.25, -0.2) is 4.39 Å². The van der Waals surface area contributed by atoms with Gasteiger partial charge in [-0.3, -0.25) is 9.59 Å². The van der Waals surface area contributed by atoms with Crippen molar-refractivity contribution in [1.82, 2.24) is 10.2 Å². The Bertz CT molecular complexity index is 801. The van der Waals surface area contributed by atoms with Gasteiger partial charge in [-0.05, 0) is 42.5 Å². The summed E-state index contributed by atoms with van der Waals surface area (Å²) in [4.78, 5) is 27.6. The van der Waals surface area contributed by atoms with Crippen molar-refractivity contribution in [2.75, 3.05) is 6.54 Å². The number of carbonyl (C=O) groups is 2. The number of nitrogens with one attached hydrogen (secondary N) is 1. The van der Waals surface area contributed by atoms with Crippen LogP contribution in [0.15, 0.2) is 48.5 Å². The second-order valence-electron chi connectivity index (χ2n) is 7.87. The van der Waals surface area contributed by atoms with Crippen molar-refractivity contribution in [3.05, 3.63) is 71.0 Å². The molecule has 2 rings (SSSR count). The first-order chi connectivity index (χ1) is 13.8. The summed E-state index contributed by atoms with van der Waals surface area (Å²) in [6.45, 7) is 8.78. The van der Waals surface area contributed by atoms with Crippen LogP contribution in [0.1, 0.15) is 43.9 Å². The molecule has 1 N–H and O–H groups in total. The van der Waals surface area contributed by atoms with Crippen molar-refractivity contribution >= 4 is 11.8 Å². The zero-order chi connectivity index (χ0) is 21.4. The molecule has 1 atom stereocenters. The molecule has 0 heterocycles. The second-order valence-corrected chi connectivity index (χ2v) is 7.87. The minimum absolute atomic E-state index is 0.121. The summed E-state index contributed by atoms with van der Waals surface area (Å²) in [7, 11) is 0. The minimum Gasteiger partial charge on any atom is -0.354 e. The lowest BCUT2D eigenvalue weighted by molar-refractivity contribution is -0.141. The summed E-state index contributed by atoms with van der Waals surface area (Å²) in [6, 6.07) is 13.3. The number of amides is 2. The maximum atomic E-state index is 13.3. The van der Waals surface area contributed by atoms with Crippen LogP contribution in [0.4, 0.5) is 4.39 Å². The molecule has 156 valence electrons. The molecule has 0 saturated heterocycles. The molecule has 4 nitrogen and oxygen atoms in total. The maximum absolute atomic E-state index is 13.3. The highest BCUT2D eigenvalue weighted by Gasteiger charge is 2.28. The van der Waals surface area contributed by atoms with Crippen molar-refractivity contribution in [2.24, 2.45) is 5.92 Å². The smallest absolute Gasteiger partial charge is 0.242 e. The first kappa shape index (κ1) is 22.6. The Hall–Kier alpha value is -2.69. The average Bonchev–Trinajstić information content (AvgIpc) is 2.69. The summed E-state index contributed by atoms with van der Waals surface area (Å²) in [5, 5.41) is 2.94. The highest BCUT2D eigenvalue weighted by atomic mass is 19.1. The van der Waals surface area contributed by atoms with E-state index >= 15 is 0 Å². The van der Waals surface area contributed by atoms with E-state index in [1.807, 2.05) is 52.0 Å². The van der Waals surface area contributed by atoms with Crippen LogP contribution in [0.25, 0.3) is 0 Å². The first-order valence-corrected chi connectivity index (χ1v) is 10.2. The molecule has 29 heavy (non-hydrogen) atoms. The summed E-state index contributed by atoms with van der Waals surface area (Å²) in [5.41, 5.74) is 2.82. The van der Waals surface area contributed by atoms with Gasteiger partial charge in [0.2, 0.25) is 11.8 Å². The van der Waals surface area contributed by atoms with Gasteiger partial charge in [-0.15, -0.1) is 0 Å². The van der Waals surface area contributed by atoms with Crippen LogP contribution in [0.5, 0.6) is 0 Å². The maximum Gasteiger partial charge on any atom is 0.242 e. The number of aryl methyl sites for hydroxylation is 1. The van der Waals surface area contributed by atoms with Crippen LogP contribution in [0.2, 0.25) is 0 Å². The van der Waals surface area contributed by atoms with Gasteiger partial charge in [-0.2, -0.15) is 0 Å². The predicted octanol–water partition coefficient (Wildman–Crippen LogP) is 4.26. The van der Waals surface area contributed by atoms with Gasteiger partial charge in [0.1, 0.15) is 11.9 Å². The molecular weight excluding hydrogens is 367 g/mol. The van der Waals surface area contributed by atoms with E-state index in [0.29, 0.717) is 18.9 Å². The van der Waals surface area contributed by atoms with Crippen LogP contribution in [0.3, 0.4) is 0 Å². The fraction of sp³-hybridized carbons (Fsp3) is 0.417. The van der Waals surface area contributed by atoms with Crippen molar-refractivity contribution in [2.45, 2.75) is 53.1 Å². The molecule has 0 spiro atoms. The molecule has 0 aliphatic rings. The monoisotopic (exact) mass is 398 g/mol. The lowest BCUT2D eigenvalue weighted by atomic mass is 10.1. The molecule has 0 saturated carbocycles. The minimum atomic E-state index is -0.572. The first-order valence-electron chi connectivity index (χ1n) is 10.2. The number of halogens is 1. The van der Waals surface area contributed by atoms with Gasteiger partial charge in [-0.1, -0.05) is 62.7 Å². The Morgan fingerprint density at radius 2 is 1.59 bits per heavy atom. The van der Waals surface area contributed by atoms with Gasteiger partial charge in [0, 0.05) is 13.1 Å². The van der Waals surface area contributed by atoms with E-state index in [-0.39, 0.29) is 30.6 Å². The third-order valence-electron chi connectivity index (χ3n) is 4.81. The lowest BCUT2D eigenvalue weighted by Gasteiger charge is -2.31. The summed E-state index contributed by atoms with van der Waals surface area (Å²) in [5.74, 6) is -0.274. The summed E-state index contributed by atoms with van der Waals surface area (Å²) in [6.07, 6.45) is 0.722. The SMILES string of the molecule is CCC(C(=O)NCC(C)C)N(Cc1ccc(F)cc1)C(=O)Cc1ccc(C)cc1. The second kappa shape index (κ2) is 10.7. The average molecular weight is 399 g/mol. The van der Waals surface area contributed by atoms with Crippen molar-refractivity contribution in [3.8, 4) is 0 Å². The standard InChI is InChI=1S/C24H31FN2O2/c1-5-22(24(29)26-15-17(2)3)27(16-20-10-12-21(25)13-11-20)23(28)14-19-8-6-18(4)7-9-19/h6-13,17,22H,5,14-16H2,1-4H3,(H,26,29). The number of hydrogen-bond donors (Lipinski definition) is 1. The molecule has 1 unspecified atom stereocenters.